The zero-order chi connectivity index (χ0) is 22.0. The topological polar surface area (TPSA) is 74.2 Å². The summed E-state index contributed by atoms with van der Waals surface area (Å²) in [4.78, 5) is 18.8. The normalized spacial score (nSPS) is 21.2. The van der Waals surface area contributed by atoms with E-state index in [1.807, 2.05) is 44.2 Å². The molecule has 0 radical (unpaired) electrons. The number of nitrogens with zero attached hydrogens (tertiary/aromatic N) is 2. The number of ether oxygens (including phenoxy) is 1. The summed E-state index contributed by atoms with van der Waals surface area (Å²) in [5.74, 6) is -0.644. The maximum Gasteiger partial charge on any atom is 0.158 e. The predicted molar refractivity (Wildman–Crippen MR) is 117 cm³/mol. The van der Waals surface area contributed by atoms with E-state index in [0.717, 1.165) is 35.5 Å². The van der Waals surface area contributed by atoms with Gasteiger partial charge in [-0.15, -0.1) is 0 Å². The Morgan fingerprint density at radius 1 is 1.29 bits per heavy atom. The van der Waals surface area contributed by atoms with Crippen molar-refractivity contribution in [1.29, 1.82) is 0 Å². The van der Waals surface area contributed by atoms with Crippen molar-refractivity contribution in [3.05, 3.63) is 64.2 Å². The molecule has 0 N–H and O–H groups in total. The summed E-state index contributed by atoms with van der Waals surface area (Å²) in [6.45, 7) is 6.00. The summed E-state index contributed by atoms with van der Waals surface area (Å²) < 4.78 is 5.69. The molecule has 2 atom stereocenters. The number of halogens is 1. The second-order valence-electron chi connectivity index (χ2n) is 8.43. The molecule has 2 aromatic carbocycles. The lowest BCUT2D eigenvalue weighted by Crippen LogP contribution is -2.33. The Morgan fingerprint density at radius 3 is 2.71 bits per heavy atom. The Labute approximate surface area is 187 Å². The number of rotatable bonds is 7. The lowest BCUT2D eigenvalue weighted by molar-refractivity contribution is -0.311. The van der Waals surface area contributed by atoms with Crippen LogP contribution in [-0.2, 0) is 16.2 Å². The van der Waals surface area contributed by atoms with Crippen molar-refractivity contribution >= 4 is 23.3 Å². The molecule has 164 valence electrons. The molecule has 6 nitrogen and oxygen atoms in total. The van der Waals surface area contributed by atoms with Crippen LogP contribution in [0.3, 0.4) is 0 Å². The number of hydrogen-bond donors (Lipinski definition) is 0. The second kappa shape index (κ2) is 9.28. The number of likely N-dealkylation sites (tertiary alicyclic amines) is 1. The maximum absolute atomic E-state index is 11.0. The summed E-state index contributed by atoms with van der Waals surface area (Å²) in [7, 11) is 0. The number of aliphatic carboxylic acids is 1. The van der Waals surface area contributed by atoms with Gasteiger partial charge in [-0.3, -0.25) is 4.90 Å². The average molecular weight is 442 g/mol. The van der Waals surface area contributed by atoms with E-state index < -0.39 is 5.97 Å². The summed E-state index contributed by atoms with van der Waals surface area (Å²) >= 11 is 6.36. The zero-order valence-electron chi connectivity index (χ0n) is 17.7. The minimum absolute atomic E-state index is 0.0602. The summed E-state index contributed by atoms with van der Waals surface area (Å²) in [6, 6.07) is 13.9. The molecule has 2 aromatic rings. The fourth-order valence-corrected chi connectivity index (χ4v) is 4.26. The molecule has 2 aliphatic heterocycles. The smallest absolute Gasteiger partial charge is 0.158 e. The van der Waals surface area contributed by atoms with Crippen LogP contribution in [0.25, 0.3) is 0 Å². The molecule has 0 aliphatic carbocycles. The first kappa shape index (κ1) is 21.7. The van der Waals surface area contributed by atoms with Gasteiger partial charge in [0.1, 0.15) is 5.75 Å². The third kappa shape index (κ3) is 5.20. The molecule has 4 rings (SSSR count). The van der Waals surface area contributed by atoms with Gasteiger partial charge < -0.3 is 19.5 Å². The number of carbonyl (C=O) groups is 1. The number of carboxylic acids is 1. The first-order valence-electron chi connectivity index (χ1n) is 10.6. The van der Waals surface area contributed by atoms with Gasteiger partial charge in [-0.1, -0.05) is 47.1 Å². The van der Waals surface area contributed by atoms with Crippen molar-refractivity contribution in [2.75, 3.05) is 13.1 Å². The Kier molecular flexibility index (Phi) is 6.49. The lowest BCUT2D eigenvalue weighted by atomic mass is 9.99. The molecule has 0 spiro atoms. The van der Waals surface area contributed by atoms with Crippen LogP contribution in [0.2, 0.25) is 5.02 Å². The average Bonchev–Trinajstić information content (AvgIpc) is 3.40. The van der Waals surface area contributed by atoms with Crippen LogP contribution in [0.4, 0.5) is 0 Å². The van der Waals surface area contributed by atoms with E-state index >= 15 is 0 Å². The van der Waals surface area contributed by atoms with Crippen molar-refractivity contribution in [2.45, 2.75) is 45.4 Å². The molecule has 2 unspecified atom stereocenters. The Balaban J connectivity index is 1.35. The van der Waals surface area contributed by atoms with Gasteiger partial charge in [-0.05, 0) is 55.6 Å². The summed E-state index contributed by atoms with van der Waals surface area (Å²) in [5, 5.41) is 15.9. The van der Waals surface area contributed by atoms with E-state index in [2.05, 4.69) is 22.2 Å². The highest BCUT2D eigenvalue weighted by molar-refractivity contribution is 6.32. The molecule has 0 bridgehead atoms. The molecular formula is C24H26ClN2O4-. The Bertz CT molecular complexity index is 974. The molecule has 1 saturated heterocycles. The predicted octanol–water partition coefficient (Wildman–Crippen LogP) is 3.56. The number of hydrogen-bond acceptors (Lipinski definition) is 6. The third-order valence-corrected chi connectivity index (χ3v) is 5.95. The second-order valence-corrected chi connectivity index (χ2v) is 8.84. The molecule has 0 amide bonds. The van der Waals surface area contributed by atoms with Crippen LogP contribution < -0.4 is 9.84 Å². The minimum atomic E-state index is -0.949. The van der Waals surface area contributed by atoms with Crippen molar-refractivity contribution in [3.63, 3.8) is 0 Å². The number of carbonyl (C=O) groups excluding carboxylic acids is 1. The van der Waals surface area contributed by atoms with Crippen LogP contribution in [0.15, 0.2) is 47.6 Å². The van der Waals surface area contributed by atoms with E-state index in [0.29, 0.717) is 30.2 Å². The van der Waals surface area contributed by atoms with E-state index in [1.165, 1.54) is 0 Å². The third-order valence-electron chi connectivity index (χ3n) is 5.66. The van der Waals surface area contributed by atoms with Crippen molar-refractivity contribution in [3.8, 4) is 5.75 Å². The SMILES string of the molecule is CC(C)Oc1ccc(C2CC(c3ccc(CN4CCC(C(=O)[O-])C4)cc3)=NO2)cc1Cl. The van der Waals surface area contributed by atoms with Crippen molar-refractivity contribution < 1.29 is 19.5 Å². The van der Waals surface area contributed by atoms with Gasteiger partial charge in [0.2, 0.25) is 0 Å². The summed E-state index contributed by atoms with van der Waals surface area (Å²) in [5.41, 5.74) is 4.03. The van der Waals surface area contributed by atoms with Crippen LogP contribution in [0, 0.1) is 5.92 Å². The van der Waals surface area contributed by atoms with Crippen molar-refractivity contribution in [1.82, 2.24) is 4.90 Å². The maximum atomic E-state index is 11.0. The van der Waals surface area contributed by atoms with Gasteiger partial charge in [0.15, 0.2) is 6.10 Å². The van der Waals surface area contributed by atoms with E-state index in [4.69, 9.17) is 21.2 Å². The van der Waals surface area contributed by atoms with Crippen LogP contribution >= 0.6 is 11.6 Å². The number of carboxylic acid groups (broad SMARTS) is 1. The molecule has 0 aromatic heterocycles. The van der Waals surface area contributed by atoms with Crippen LogP contribution in [0.1, 0.15) is 49.5 Å². The molecule has 0 saturated carbocycles. The molecule has 2 heterocycles. The largest absolute Gasteiger partial charge is 0.550 e. The zero-order valence-corrected chi connectivity index (χ0v) is 18.5. The highest BCUT2D eigenvalue weighted by Gasteiger charge is 2.26. The molecule has 2 aliphatic rings. The first-order valence-corrected chi connectivity index (χ1v) is 11.0. The molecular weight excluding hydrogens is 416 g/mol. The fourth-order valence-electron chi connectivity index (χ4n) is 4.02. The van der Waals surface area contributed by atoms with Gasteiger partial charge in [-0.25, -0.2) is 0 Å². The van der Waals surface area contributed by atoms with Crippen LogP contribution in [0.5, 0.6) is 5.75 Å². The van der Waals surface area contributed by atoms with Gasteiger partial charge in [0.05, 0.1) is 16.8 Å². The van der Waals surface area contributed by atoms with E-state index in [1.54, 1.807) is 0 Å². The number of oxime groups is 1. The monoisotopic (exact) mass is 441 g/mol. The highest BCUT2D eigenvalue weighted by atomic mass is 35.5. The highest BCUT2D eigenvalue weighted by Crippen LogP contribution is 2.34. The number of benzene rings is 2. The van der Waals surface area contributed by atoms with Gasteiger partial charge >= 0.3 is 0 Å². The summed E-state index contributed by atoms with van der Waals surface area (Å²) in [6.07, 6.45) is 1.21. The molecule has 31 heavy (non-hydrogen) atoms. The first-order chi connectivity index (χ1) is 14.9. The quantitative estimate of drug-likeness (QED) is 0.656. The van der Waals surface area contributed by atoms with E-state index in [9.17, 15) is 9.90 Å². The molecule has 7 heteroatoms. The Hall–Kier alpha value is -2.57. The molecule has 1 fully saturated rings. The lowest BCUT2D eigenvalue weighted by Gasteiger charge is -2.16. The standard InChI is InChI=1S/C24H27ClN2O4/c1-15(2)30-22-8-7-18(11-20(22)25)23-12-21(26-31-23)17-5-3-16(4-6-17)13-27-10-9-19(14-27)24(28)29/h3-8,11,15,19,23H,9-10,12-14H2,1-2H3,(H,28,29)/p-1. The van der Waals surface area contributed by atoms with Gasteiger partial charge in [-0.2, -0.15) is 0 Å². The fraction of sp³-hybridized carbons (Fsp3) is 0.417. The van der Waals surface area contributed by atoms with E-state index in [-0.39, 0.29) is 18.1 Å². The van der Waals surface area contributed by atoms with Crippen LogP contribution in [-0.4, -0.2) is 35.8 Å². The van der Waals surface area contributed by atoms with Crippen molar-refractivity contribution in [2.24, 2.45) is 11.1 Å². The van der Waals surface area contributed by atoms with Gasteiger partial charge in [0, 0.05) is 31.4 Å². The Morgan fingerprint density at radius 2 is 2.06 bits per heavy atom. The van der Waals surface area contributed by atoms with Gasteiger partial charge in [0.25, 0.3) is 0 Å². The minimum Gasteiger partial charge on any atom is -0.550 e.